The van der Waals surface area contributed by atoms with E-state index in [0.29, 0.717) is 38.2 Å². The van der Waals surface area contributed by atoms with Gasteiger partial charge in [0.05, 0.1) is 6.61 Å². The van der Waals surface area contributed by atoms with Gasteiger partial charge >= 0.3 is 12.1 Å². The zero-order valence-electron chi connectivity index (χ0n) is 13.2. The molecule has 0 radical (unpaired) electrons. The zero-order chi connectivity index (χ0) is 16.0. The smallest absolute Gasteiger partial charge is 0.410 e. The fourth-order valence-corrected chi connectivity index (χ4v) is 2.04. The highest BCUT2D eigenvalue weighted by Gasteiger charge is 2.27. The van der Waals surface area contributed by atoms with Crippen molar-refractivity contribution in [1.29, 1.82) is 0 Å². The lowest BCUT2D eigenvalue weighted by Crippen LogP contribution is -2.41. The summed E-state index contributed by atoms with van der Waals surface area (Å²) in [5.41, 5.74) is 3.06. The third kappa shape index (κ3) is 5.26. The number of amides is 1. The summed E-state index contributed by atoms with van der Waals surface area (Å²) in [4.78, 5) is 25.3. The van der Waals surface area contributed by atoms with E-state index in [4.69, 9.17) is 15.3 Å². The maximum atomic E-state index is 12.0. The first-order valence-electron chi connectivity index (χ1n) is 7.12. The lowest BCUT2D eigenvalue weighted by Gasteiger charge is -2.31. The summed E-state index contributed by atoms with van der Waals surface area (Å²) in [6, 6.07) is 0. The van der Waals surface area contributed by atoms with E-state index in [9.17, 15) is 9.59 Å². The number of nitrogens with zero attached hydrogens (tertiary/aromatic N) is 1. The third-order valence-electron chi connectivity index (χ3n) is 3.00. The van der Waals surface area contributed by atoms with Gasteiger partial charge < -0.3 is 19.8 Å². The van der Waals surface area contributed by atoms with Crippen molar-refractivity contribution in [3.63, 3.8) is 0 Å². The normalized spacial score (nSPS) is 15.5. The number of esters is 1. The second-order valence-corrected chi connectivity index (χ2v) is 5.81. The molecule has 7 heteroatoms. The highest BCUT2D eigenvalue weighted by atomic mass is 16.6. The monoisotopic (exact) mass is 299 g/mol. The number of likely N-dealkylation sites (tertiary alicyclic amines) is 1. The van der Waals surface area contributed by atoms with E-state index in [-0.39, 0.29) is 6.09 Å². The Morgan fingerprint density at radius 1 is 1.29 bits per heavy atom. The first-order chi connectivity index (χ1) is 9.78. The summed E-state index contributed by atoms with van der Waals surface area (Å²) in [6.07, 6.45) is 0.801. The highest BCUT2D eigenvalue weighted by Crippen LogP contribution is 2.21. The van der Waals surface area contributed by atoms with Crippen molar-refractivity contribution in [2.24, 2.45) is 5.84 Å². The maximum Gasteiger partial charge on any atom is 0.410 e. The molecule has 1 fully saturated rings. The van der Waals surface area contributed by atoms with Gasteiger partial charge in [0, 0.05) is 13.1 Å². The van der Waals surface area contributed by atoms with Gasteiger partial charge in [-0.2, -0.15) is 0 Å². The molecular formula is C14H25N3O4. The number of nitrogens with two attached hydrogens (primary N) is 1. The number of hydrogen-bond donors (Lipinski definition) is 2. The van der Waals surface area contributed by atoms with Crippen LogP contribution in [0.5, 0.6) is 0 Å². The molecule has 0 aromatic carbocycles. The molecule has 7 nitrogen and oxygen atoms in total. The minimum absolute atomic E-state index is 0.292. The molecule has 0 aliphatic carbocycles. The lowest BCUT2D eigenvalue weighted by molar-refractivity contribution is -0.139. The van der Waals surface area contributed by atoms with Gasteiger partial charge in [0.15, 0.2) is 0 Å². The van der Waals surface area contributed by atoms with E-state index < -0.39 is 11.6 Å². The lowest BCUT2D eigenvalue weighted by atomic mass is 10.0. The van der Waals surface area contributed by atoms with Gasteiger partial charge in [0.1, 0.15) is 11.3 Å². The number of carbonyl (C=O) groups is 2. The van der Waals surface area contributed by atoms with Crippen molar-refractivity contribution >= 4 is 12.1 Å². The van der Waals surface area contributed by atoms with Gasteiger partial charge in [-0.3, -0.25) is 5.84 Å². The molecule has 0 atom stereocenters. The maximum absolute atomic E-state index is 12.0. The molecule has 1 heterocycles. The molecule has 0 saturated carbocycles. The second-order valence-electron chi connectivity index (χ2n) is 5.81. The second kappa shape index (κ2) is 7.31. The number of hydrazine groups is 1. The molecular weight excluding hydrogens is 274 g/mol. The standard InChI is InChI=1S/C14H25N3O4/c1-5-20-12(18)11(16-15)10-6-8-17(9-7-10)13(19)21-14(2,3)4/h16H,5-9,15H2,1-4H3. The predicted octanol–water partition coefficient (Wildman–Crippen LogP) is 1.30. The van der Waals surface area contributed by atoms with Gasteiger partial charge in [-0.25, -0.2) is 9.59 Å². The Bertz CT molecular complexity index is 416. The molecule has 1 rings (SSSR count). The summed E-state index contributed by atoms with van der Waals surface area (Å²) in [5, 5.41) is 0. The van der Waals surface area contributed by atoms with E-state index in [1.807, 2.05) is 20.8 Å². The van der Waals surface area contributed by atoms with Crippen molar-refractivity contribution in [2.75, 3.05) is 19.7 Å². The summed E-state index contributed by atoms with van der Waals surface area (Å²) < 4.78 is 10.3. The van der Waals surface area contributed by atoms with Crippen molar-refractivity contribution in [3.05, 3.63) is 11.3 Å². The topological polar surface area (TPSA) is 93.9 Å². The Labute approximate surface area is 125 Å². The van der Waals surface area contributed by atoms with Crippen LogP contribution in [0, 0.1) is 0 Å². The van der Waals surface area contributed by atoms with Gasteiger partial charge in [-0.05, 0) is 46.1 Å². The van der Waals surface area contributed by atoms with E-state index in [1.54, 1.807) is 11.8 Å². The number of hydrogen-bond acceptors (Lipinski definition) is 6. The largest absolute Gasteiger partial charge is 0.461 e. The summed E-state index contributed by atoms with van der Waals surface area (Å²) in [6.45, 7) is 8.51. The van der Waals surface area contributed by atoms with Gasteiger partial charge in [-0.15, -0.1) is 0 Å². The average Bonchev–Trinajstić information content (AvgIpc) is 2.38. The van der Waals surface area contributed by atoms with Crippen LogP contribution < -0.4 is 11.3 Å². The number of carbonyl (C=O) groups excluding carboxylic acids is 2. The van der Waals surface area contributed by atoms with Crippen LogP contribution in [-0.2, 0) is 14.3 Å². The van der Waals surface area contributed by atoms with Crippen LogP contribution in [0.1, 0.15) is 40.5 Å². The summed E-state index contributed by atoms with van der Waals surface area (Å²) in [5.74, 6) is 4.94. The molecule has 1 aliphatic heterocycles. The van der Waals surface area contributed by atoms with E-state index in [1.165, 1.54) is 0 Å². The first kappa shape index (κ1) is 17.3. The SMILES string of the molecule is CCOC(=O)C(NN)=C1CCN(C(=O)OC(C)(C)C)CC1. The van der Waals surface area contributed by atoms with E-state index in [0.717, 1.165) is 5.57 Å². The van der Waals surface area contributed by atoms with E-state index in [2.05, 4.69) is 5.43 Å². The Balaban J connectivity index is 2.65. The zero-order valence-corrected chi connectivity index (χ0v) is 13.2. The van der Waals surface area contributed by atoms with Crippen molar-refractivity contribution in [2.45, 2.75) is 46.1 Å². The number of ether oxygens (including phenoxy) is 2. The fraction of sp³-hybridized carbons (Fsp3) is 0.714. The van der Waals surface area contributed by atoms with Crippen LogP contribution in [-0.4, -0.2) is 42.3 Å². The minimum Gasteiger partial charge on any atom is -0.461 e. The molecule has 0 spiro atoms. The molecule has 21 heavy (non-hydrogen) atoms. The van der Waals surface area contributed by atoms with Crippen LogP contribution in [0.4, 0.5) is 4.79 Å². The van der Waals surface area contributed by atoms with Crippen molar-refractivity contribution in [1.82, 2.24) is 10.3 Å². The number of piperidine rings is 1. The molecule has 0 bridgehead atoms. The molecule has 0 aromatic heterocycles. The molecule has 1 saturated heterocycles. The highest BCUT2D eigenvalue weighted by molar-refractivity contribution is 5.88. The Hall–Kier alpha value is -1.76. The van der Waals surface area contributed by atoms with Gasteiger partial charge in [0.25, 0.3) is 0 Å². The Morgan fingerprint density at radius 3 is 2.29 bits per heavy atom. The first-order valence-corrected chi connectivity index (χ1v) is 7.12. The van der Waals surface area contributed by atoms with E-state index >= 15 is 0 Å². The average molecular weight is 299 g/mol. The van der Waals surface area contributed by atoms with Crippen LogP contribution >= 0.6 is 0 Å². The summed E-state index contributed by atoms with van der Waals surface area (Å²) >= 11 is 0. The fourth-order valence-electron chi connectivity index (χ4n) is 2.04. The number of nitrogens with one attached hydrogen (secondary N) is 1. The quantitative estimate of drug-likeness (QED) is 0.353. The molecule has 120 valence electrons. The Kier molecular flexibility index (Phi) is 6.02. The third-order valence-corrected chi connectivity index (χ3v) is 3.00. The minimum atomic E-state index is -0.512. The Morgan fingerprint density at radius 2 is 1.86 bits per heavy atom. The van der Waals surface area contributed by atoms with Crippen LogP contribution in [0.3, 0.4) is 0 Å². The molecule has 1 aliphatic rings. The van der Waals surface area contributed by atoms with Crippen molar-refractivity contribution < 1.29 is 19.1 Å². The molecule has 3 N–H and O–H groups in total. The molecule has 1 amide bonds. The van der Waals surface area contributed by atoms with Crippen LogP contribution in [0.2, 0.25) is 0 Å². The van der Waals surface area contributed by atoms with Gasteiger partial charge in [-0.1, -0.05) is 0 Å². The van der Waals surface area contributed by atoms with Crippen LogP contribution in [0.15, 0.2) is 11.3 Å². The van der Waals surface area contributed by atoms with Crippen molar-refractivity contribution in [3.8, 4) is 0 Å². The predicted molar refractivity (Wildman–Crippen MR) is 78.0 cm³/mol. The van der Waals surface area contributed by atoms with Crippen LogP contribution in [0.25, 0.3) is 0 Å². The summed E-state index contributed by atoms with van der Waals surface area (Å²) in [7, 11) is 0. The molecule has 0 aromatic rings. The van der Waals surface area contributed by atoms with Gasteiger partial charge in [0.2, 0.25) is 0 Å². The number of rotatable bonds is 3. The molecule has 0 unspecified atom stereocenters.